The zero-order valence-corrected chi connectivity index (χ0v) is 12.1. The van der Waals surface area contributed by atoms with Crippen LogP contribution in [0.5, 0.6) is 0 Å². The van der Waals surface area contributed by atoms with Gasteiger partial charge in [-0.3, -0.25) is 0 Å². The van der Waals surface area contributed by atoms with Gasteiger partial charge in [0.05, 0.1) is 5.69 Å². The Balaban J connectivity index is 2.51. The summed E-state index contributed by atoms with van der Waals surface area (Å²) in [5.41, 5.74) is 1.60. The Morgan fingerprint density at radius 3 is 2.29 bits per heavy atom. The lowest BCUT2D eigenvalue weighted by atomic mass is 10.0. The summed E-state index contributed by atoms with van der Waals surface area (Å²) in [6, 6.07) is 1.32. The summed E-state index contributed by atoms with van der Waals surface area (Å²) in [5.74, 6) is -2.58. The van der Waals surface area contributed by atoms with Crippen molar-refractivity contribution in [3.8, 4) is 11.3 Å². The maximum Gasteiger partial charge on any atom is 0.161 e. The molecule has 0 bridgehead atoms. The molecular formula is C15H16F3N3. The van der Waals surface area contributed by atoms with E-state index in [0.29, 0.717) is 17.4 Å². The molecule has 1 heterocycles. The standard InChI is InChI=1S/C15H16F3N3/c1-4-5-19-15-9(3)8(2)14(20-21-15)10-6-12(17)13(18)7-11(10)16/h6-7H,4-5H2,1-3H3,(H,19,21). The Morgan fingerprint density at radius 2 is 1.62 bits per heavy atom. The van der Waals surface area contributed by atoms with E-state index >= 15 is 0 Å². The third kappa shape index (κ3) is 2.99. The van der Waals surface area contributed by atoms with Gasteiger partial charge in [0.25, 0.3) is 0 Å². The predicted octanol–water partition coefficient (Wildman–Crippen LogP) is 4.00. The summed E-state index contributed by atoms with van der Waals surface area (Å²) >= 11 is 0. The van der Waals surface area contributed by atoms with Gasteiger partial charge in [-0.2, -0.15) is 0 Å². The fourth-order valence-corrected chi connectivity index (χ4v) is 1.98. The molecular weight excluding hydrogens is 279 g/mol. The van der Waals surface area contributed by atoms with Crippen LogP contribution in [0.4, 0.5) is 19.0 Å². The van der Waals surface area contributed by atoms with E-state index in [1.165, 1.54) is 0 Å². The van der Waals surface area contributed by atoms with E-state index in [4.69, 9.17) is 0 Å². The van der Waals surface area contributed by atoms with Gasteiger partial charge in [-0.1, -0.05) is 6.92 Å². The number of benzene rings is 1. The molecule has 21 heavy (non-hydrogen) atoms. The number of hydrogen-bond donors (Lipinski definition) is 1. The molecule has 0 atom stereocenters. The molecule has 0 fully saturated rings. The highest BCUT2D eigenvalue weighted by Crippen LogP contribution is 2.29. The average molecular weight is 295 g/mol. The Morgan fingerprint density at radius 1 is 0.952 bits per heavy atom. The van der Waals surface area contributed by atoms with Gasteiger partial charge < -0.3 is 5.32 Å². The Hall–Kier alpha value is -2.11. The summed E-state index contributed by atoms with van der Waals surface area (Å²) in [6.07, 6.45) is 0.930. The van der Waals surface area contributed by atoms with Crippen molar-refractivity contribution in [2.75, 3.05) is 11.9 Å². The number of anilines is 1. The van der Waals surface area contributed by atoms with E-state index in [9.17, 15) is 13.2 Å². The minimum atomic E-state index is -1.22. The smallest absolute Gasteiger partial charge is 0.161 e. The zero-order valence-electron chi connectivity index (χ0n) is 12.1. The van der Waals surface area contributed by atoms with Crippen molar-refractivity contribution in [3.63, 3.8) is 0 Å². The van der Waals surface area contributed by atoms with Crippen molar-refractivity contribution < 1.29 is 13.2 Å². The van der Waals surface area contributed by atoms with Gasteiger partial charge in [0.15, 0.2) is 17.5 Å². The Kier molecular flexibility index (Phi) is 4.45. The van der Waals surface area contributed by atoms with Crippen LogP contribution in [-0.4, -0.2) is 16.7 Å². The van der Waals surface area contributed by atoms with Gasteiger partial charge in [0.1, 0.15) is 5.82 Å². The molecule has 112 valence electrons. The predicted molar refractivity (Wildman–Crippen MR) is 75.6 cm³/mol. The molecule has 0 saturated heterocycles. The number of nitrogens with one attached hydrogen (secondary N) is 1. The van der Waals surface area contributed by atoms with Crippen LogP contribution in [0.3, 0.4) is 0 Å². The number of halogens is 3. The van der Waals surface area contributed by atoms with Crippen LogP contribution in [0.25, 0.3) is 11.3 Å². The van der Waals surface area contributed by atoms with Crippen molar-refractivity contribution in [1.82, 2.24) is 10.2 Å². The van der Waals surface area contributed by atoms with E-state index in [0.717, 1.165) is 24.6 Å². The molecule has 1 aromatic heterocycles. The number of hydrogen-bond acceptors (Lipinski definition) is 3. The van der Waals surface area contributed by atoms with Gasteiger partial charge in [0.2, 0.25) is 0 Å². The van der Waals surface area contributed by atoms with Gasteiger partial charge in [-0.05, 0) is 37.5 Å². The van der Waals surface area contributed by atoms with Crippen LogP contribution in [-0.2, 0) is 0 Å². The first kappa shape index (κ1) is 15.3. The van der Waals surface area contributed by atoms with Crippen LogP contribution in [0.2, 0.25) is 0 Å². The van der Waals surface area contributed by atoms with E-state index in [2.05, 4.69) is 15.5 Å². The van der Waals surface area contributed by atoms with Crippen LogP contribution < -0.4 is 5.32 Å². The van der Waals surface area contributed by atoms with Crippen LogP contribution >= 0.6 is 0 Å². The highest BCUT2D eigenvalue weighted by molar-refractivity contribution is 5.67. The van der Waals surface area contributed by atoms with Gasteiger partial charge >= 0.3 is 0 Å². The third-order valence-corrected chi connectivity index (χ3v) is 3.33. The van der Waals surface area contributed by atoms with Crippen LogP contribution in [0.1, 0.15) is 24.5 Å². The van der Waals surface area contributed by atoms with Crippen LogP contribution in [0.15, 0.2) is 12.1 Å². The van der Waals surface area contributed by atoms with Crippen molar-refractivity contribution in [3.05, 3.63) is 40.7 Å². The fraction of sp³-hybridized carbons (Fsp3) is 0.333. The fourth-order valence-electron chi connectivity index (χ4n) is 1.98. The number of aromatic nitrogens is 2. The molecule has 2 rings (SSSR count). The second-order valence-corrected chi connectivity index (χ2v) is 4.82. The number of rotatable bonds is 4. The Bertz CT molecular complexity index is 672. The van der Waals surface area contributed by atoms with Gasteiger partial charge in [0, 0.05) is 18.2 Å². The number of nitrogens with zero attached hydrogens (tertiary/aromatic N) is 2. The lowest BCUT2D eigenvalue weighted by Gasteiger charge is -2.13. The molecule has 1 N–H and O–H groups in total. The molecule has 0 aliphatic carbocycles. The molecule has 2 aromatic rings. The molecule has 3 nitrogen and oxygen atoms in total. The van der Waals surface area contributed by atoms with Crippen molar-refractivity contribution >= 4 is 5.82 Å². The van der Waals surface area contributed by atoms with Crippen LogP contribution in [0, 0.1) is 31.3 Å². The lowest BCUT2D eigenvalue weighted by molar-refractivity contribution is 0.496. The van der Waals surface area contributed by atoms with Gasteiger partial charge in [-0.15, -0.1) is 10.2 Å². The average Bonchev–Trinajstić information content (AvgIpc) is 2.45. The minimum Gasteiger partial charge on any atom is -0.368 e. The quantitative estimate of drug-likeness (QED) is 0.866. The SMILES string of the molecule is CCCNc1nnc(-c2cc(F)c(F)cc2F)c(C)c1C. The summed E-state index contributed by atoms with van der Waals surface area (Å²) in [6.45, 7) is 6.34. The molecule has 0 aliphatic heterocycles. The molecule has 1 aromatic carbocycles. The van der Waals surface area contributed by atoms with E-state index in [1.54, 1.807) is 6.92 Å². The normalized spacial score (nSPS) is 10.8. The molecule has 0 aliphatic rings. The Labute approximate surface area is 121 Å². The van der Waals surface area contributed by atoms with Crippen molar-refractivity contribution in [2.24, 2.45) is 0 Å². The van der Waals surface area contributed by atoms with Crippen molar-refractivity contribution in [2.45, 2.75) is 27.2 Å². The lowest BCUT2D eigenvalue weighted by Crippen LogP contribution is -2.08. The van der Waals surface area contributed by atoms with Crippen molar-refractivity contribution in [1.29, 1.82) is 0 Å². The first-order valence-electron chi connectivity index (χ1n) is 6.68. The highest BCUT2D eigenvalue weighted by Gasteiger charge is 2.17. The first-order chi connectivity index (χ1) is 9.95. The summed E-state index contributed by atoms with van der Waals surface area (Å²) in [7, 11) is 0. The summed E-state index contributed by atoms with van der Waals surface area (Å²) in [4.78, 5) is 0. The minimum absolute atomic E-state index is 0.0935. The van der Waals surface area contributed by atoms with E-state index in [1.807, 2.05) is 13.8 Å². The maximum atomic E-state index is 13.8. The second kappa shape index (κ2) is 6.11. The summed E-state index contributed by atoms with van der Waals surface area (Å²) < 4.78 is 40.2. The van der Waals surface area contributed by atoms with E-state index in [-0.39, 0.29) is 11.3 Å². The molecule has 0 amide bonds. The molecule has 0 radical (unpaired) electrons. The maximum absolute atomic E-state index is 13.8. The highest BCUT2D eigenvalue weighted by atomic mass is 19.2. The monoisotopic (exact) mass is 295 g/mol. The largest absolute Gasteiger partial charge is 0.368 e. The molecule has 0 saturated carbocycles. The third-order valence-electron chi connectivity index (χ3n) is 3.33. The zero-order chi connectivity index (χ0) is 15.6. The summed E-state index contributed by atoms with van der Waals surface area (Å²) in [5, 5.41) is 11.1. The van der Waals surface area contributed by atoms with Gasteiger partial charge in [-0.25, -0.2) is 13.2 Å². The van der Waals surface area contributed by atoms with E-state index < -0.39 is 17.5 Å². The topological polar surface area (TPSA) is 37.8 Å². The molecule has 6 heteroatoms. The second-order valence-electron chi connectivity index (χ2n) is 4.82. The first-order valence-corrected chi connectivity index (χ1v) is 6.68. The molecule has 0 spiro atoms. The molecule has 0 unspecified atom stereocenters.